The summed E-state index contributed by atoms with van der Waals surface area (Å²) < 4.78 is 11.9. The molecule has 0 bridgehead atoms. The molecule has 1 aliphatic heterocycles. The zero-order chi connectivity index (χ0) is 22.6. The summed E-state index contributed by atoms with van der Waals surface area (Å²) in [5, 5.41) is 9.39. The lowest BCUT2D eigenvalue weighted by atomic mass is 9.73. The maximum absolute atomic E-state index is 12.0. The van der Waals surface area contributed by atoms with Crippen molar-refractivity contribution in [1.29, 1.82) is 0 Å². The Morgan fingerprint density at radius 2 is 2.06 bits per heavy atom. The van der Waals surface area contributed by atoms with E-state index in [0.717, 1.165) is 29.3 Å². The molecule has 1 aromatic rings. The van der Waals surface area contributed by atoms with Crippen LogP contribution in [0.25, 0.3) is 0 Å². The van der Waals surface area contributed by atoms with E-state index < -0.39 is 23.5 Å². The number of hydrogen-bond donors (Lipinski definition) is 3. The predicted molar refractivity (Wildman–Crippen MR) is 118 cm³/mol. The fourth-order valence-electron chi connectivity index (χ4n) is 4.25. The van der Waals surface area contributed by atoms with Gasteiger partial charge in [-0.1, -0.05) is 0 Å². The fourth-order valence-corrected chi connectivity index (χ4v) is 4.80. The van der Waals surface area contributed by atoms with Crippen molar-refractivity contribution in [2.24, 2.45) is 11.0 Å². The van der Waals surface area contributed by atoms with Crippen LogP contribution in [0.4, 0.5) is 4.79 Å². The maximum Gasteiger partial charge on any atom is 0.428 e. The van der Waals surface area contributed by atoms with Crippen LogP contribution < -0.4 is 20.8 Å². The molecule has 3 N–H and O–H groups in total. The van der Waals surface area contributed by atoms with Crippen molar-refractivity contribution in [3.05, 3.63) is 28.2 Å². The van der Waals surface area contributed by atoms with Gasteiger partial charge in [-0.25, -0.2) is 10.2 Å². The van der Waals surface area contributed by atoms with Crippen LogP contribution in [0, 0.1) is 5.92 Å². The Balaban J connectivity index is 1.70. The fraction of sp³-hybridized carbons (Fsp3) is 0.524. The van der Waals surface area contributed by atoms with Crippen molar-refractivity contribution in [2.45, 2.75) is 50.7 Å². The van der Waals surface area contributed by atoms with Gasteiger partial charge in [-0.2, -0.15) is 5.10 Å². The number of hydrazone groups is 1. The molecule has 1 fully saturated rings. The predicted octanol–water partition coefficient (Wildman–Crippen LogP) is 2.47. The molecule has 168 valence electrons. The van der Waals surface area contributed by atoms with Gasteiger partial charge in [0.1, 0.15) is 11.5 Å². The van der Waals surface area contributed by atoms with Crippen LogP contribution in [0.2, 0.25) is 0 Å². The number of hydrogen-bond acceptors (Lipinski definition) is 6. The average Bonchev–Trinajstić information content (AvgIpc) is 2.75. The highest BCUT2D eigenvalue weighted by Crippen LogP contribution is 2.41. The highest BCUT2D eigenvalue weighted by molar-refractivity contribution is 9.10. The number of amides is 3. The average molecular weight is 495 g/mol. The van der Waals surface area contributed by atoms with Crippen LogP contribution in [0.5, 0.6) is 5.75 Å². The summed E-state index contributed by atoms with van der Waals surface area (Å²) in [6.07, 6.45) is 3.04. The van der Waals surface area contributed by atoms with E-state index in [4.69, 9.17) is 9.47 Å². The van der Waals surface area contributed by atoms with Gasteiger partial charge < -0.3 is 20.1 Å². The van der Waals surface area contributed by atoms with E-state index in [1.165, 1.54) is 7.05 Å². The van der Waals surface area contributed by atoms with E-state index >= 15 is 0 Å². The quantitative estimate of drug-likeness (QED) is 0.543. The molecular weight excluding hydrogens is 468 g/mol. The lowest BCUT2D eigenvalue weighted by Crippen LogP contribution is -2.52. The number of halogens is 1. The molecule has 0 aromatic heterocycles. The smallest absolute Gasteiger partial charge is 0.428 e. The van der Waals surface area contributed by atoms with Crippen molar-refractivity contribution in [3.8, 4) is 5.75 Å². The molecule has 1 spiro atoms. The number of methoxy groups -OCH3 is 1. The van der Waals surface area contributed by atoms with Crippen molar-refractivity contribution in [3.63, 3.8) is 0 Å². The van der Waals surface area contributed by atoms with Crippen molar-refractivity contribution in [1.82, 2.24) is 16.1 Å². The highest BCUT2D eigenvalue weighted by Gasteiger charge is 2.46. The largest absolute Gasteiger partial charge is 0.497 e. The Morgan fingerprint density at radius 1 is 1.35 bits per heavy atom. The summed E-state index contributed by atoms with van der Waals surface area (Å²) in [6, 6.07) is 5.45. The van der Waals surface area contributed by atoms with Crippen LogP contribution in [-0.4, -0.2) is 49.4 Å². The molecule has 1 heterocycles. The molecule has 1 saturated carbocycles. The second kappa shape index (κ2) is 9.67. The first kappa shape index (κ1) is 23.1. The number of ether oxygens (including phenoxy) is 2. The van der Waals surface area contributed by atoms with Gasteiger partial charge in [0, 0.05) is 23.1 Å². The van der Waals surface area contributed by atoms with Crippen LogP contribution >= 0.6 is 15.9 Å². The Bertz CT molecular complexity index is 896. The molecule has 2 aliphatic rings. The normalized spacial score (nSPS) is 23.8. The van der Waals surface area contributed by atoms with Gasteiger partial charge in [0.2, 0.25) is 0 Å². The molecule has 3 amide bonds. The number of nitrogens with zero attached hydrogens (tertiary/aromatic N) is 1. The Kier molecular flexibility index (Phi) is 7.19. The van der Waals surface area contributed by atoms with E-state index in [-0.39, 0.29) is 6.04 Å². The minimum absolute atomic E-state index is 0.136. The first-order valence-corrected chi connectivity index (χ1v) is 11.0. The standard InChI is InChI=1S/C21H27BrN4O5/c1-12(24-19(28)18(27)23-2)10-13-6-8-21(9-7-13)17(25-26-20(29)31-21)15-5-4-14(30-3)11-16(15)22/h4-5,11-13H,6-10H2,1-3H3,(H,23,27)(H,24,28)(H,26,29)/t12-,13?,21?/m0/s1. The third-order valence-electron chi connectivity index (χ3n) is 5.82. The van der Waals surface area contributed by atoms with Gasteiger partial charge in [0.25, 0.3) is 0 Å². The molecule has 0 saturated heterocycles. The van der Waals surface area contributed by atoms with Gasteiger partial charge in [-0.3, -0.25) is 9.59 Å². The van der Waals surface area contributed by atoms with Crippen molar-refractivity contribution >= 4 is 39.5 Å². The molecule has 0 unspecified atom stereocenters. The zero-order valence-corrected chi connectivity index (χ0v) is 19.4. The summed E-state index contributed by atoms with van der Waals surface area (Å²) in [5.41, 5.74) is 3.15. The monoisotopic (exact) mass is 494 g/mol. The molecule has 9 nitrogen and oxygen atoms in total. The number of likely N-dealkylation sites (N-methyl/N-ethyl adjacent to an activating group) is 1. The second-order valence-corrected chi connectivity index (χ2v) is 8.79. The number of carbonyl (C=O) groups is 3. The first-order chi connectivity index (χ1) is 14.8. The van der Waals surface area contributed by atoms with Gasteiger partial charge >= 0.3 is 17.9 Å². The van der Waals surface area contributed by atoms with E-state index in [1.54, 1.807) is 7.11 Å². The van der Waals surface area contributed by atoms with Crippen LogP contribution in [0.1, 0.15) is 44.6 Å². The number of benzene rings is 1. The Morgan fingerprint density at radius 3 is 2.68 bits per heavy atom. The van der Waals surface area contributed by atoms with Gasteiger partial charge in [-0.05, 0) is 79.1 Å². The third-order valence-corrected chi connectivity index (χ3v) is 6.48. The van der Waals surface area contributed by atoms with Crippen LogP contribution in [-0.2, 0) is 14.3 Å². The Labute approximate surface area is 189 Å². The highest BCUT2D eigenvalue weighted by atomic mass is 79.9. The van der Waals surface area contributed by atoms with E-state index in [2.05, 4.69) is 37.1 Å². The lowest BCUT2D eigenvalue weighted by Gasteiger charge is -2.42. The van der Waals surface area contributed by atoms with Crippen LogP contribution in [0.3, 0.4) is 0 Å². The summed E-state index contributed by atoms with van der Waals surface area (Å²) in [4.78, 5) is 35.2. The van der Waals surface area contributed by atoms with Crippen LogP contribution in [0.15, 0.2) is 27.8 Å². The van der Waals surface area contributed by atoms with Gasteiger partial charge in [0.05, 0.1) is 7.11 Å². The molecule has 31 heavy (non-hydrogen) atoms. The van der Waals surface area contributed by atoms with E-state index in [0.29, 0.717) is 30.2 Å². The molecule has 0 radical (unpaired) electrons. The topological polar surface area (TPSA) is 118 Å². The summed E-state index contributed by atoms with van der Waals surface area (Å²) in [5.74, 6) is -0.238. The van der Waals surface area contributed by atoms with Crippen molar-refractivity contribution in [2.75, 3.05) is 14.2 Å². The molecule has 10 heteroatoms. The number of rotatable bonds is 5. The zero-order valence-electron chi connectivity index (χ0n) is 17.8. The van der Waals surface area contributed by atoms with Gasteiger partial charge in [-0.15, -0.1) is 0 Å². The second-order valence-electron chi connectivity index (χ2n) is 7.93. The number of nitrogens with one attached hydrogen (secondary N) is 3. The Hall–Kier alpha value is -2.62. The molecule has 1 aliphatic carbocycles. The minimum atomic E-state index is -0.801. The maximum atomic E-state index is 12.0. The van der Waals surface area contributed by atoms with E-state index in [1.807, 2.05) is 25.1 Å². The number of carbonyl (C=O) groups excluding carboxylic acids is 3. The molecular formula is C21H27BrN4O5. The van der Waals surface area contributed by atoms with Gasteiger partial charge in [0.15, 0.2) is 5.60 Å². The minimum Gasteiger partial charge on any atom is -0.497 e. The SMILES string of the molecule is CNC(=O)C(=O)N[C@@H](C)CC1CCC2(CC1)OC(=O)NN=C2c1ccc(OC)cc1Br. The third kappa shape index (κ3) is 5.17. The lowest BCUT2D eigenvalue weighted by molar-refractivity contribution is -0.139. The molecule has 1 aromatic carbocycles. The molecule has 1 atom stereocenters. The first-order valence-electron chi connectivity index (χ1n) is 10.2. The molecule has 3 rings (SSSR count). The summed E-state index contributed by atoms with van der Waals surface area (Å²) in [6.45, 7) is 1.89. The summed E-state index contributed by atoms with van der Waals surface area (Å²) in [7, 11) is 3.03. The van der Waals surface area contributed by atoms with Crippen molar-refractivity contribution < 1.29 is 23.9 Å². The van der Waals surface area contributed by atoms with E-state index in [9.17, 15) is 14.4 Å². The summed E-state index contributed by atoms with van der Waals surface area (Å²) >= 11 is 3.57.